The van der Waals surface area contributed by atoms with Gasteiger partial charge in [0.1, 0.15) is 17.2 Å². The SMILES string of the molecule is CC1CN(c2ccc(Nc3ncc4cc(C(=O)O)n(C5CCCC5)c4n3)nc2)CC(C)N1. The minimum absolute atomic E-state index is 0.169. The number of aromatic nitrogens is 4. The highest BCUT2D eigenvalue weighted by Gasteiger charge is 2.26. The zero-order valence-corrected chi connectivity index (χ0v) is 18.5. The van der Waals surface area contributed by atoms with Crippen molar-refractivity contribution in [1.82, 2.24) is 24.8 Å². The number of carboxylic acid groups (broad SMARTS) is 1. The summed E-state index contributed by atoms with van der Waals surface area (Å²) in [5.74, 6) is 0.136. The molecule has 9 heteroatoms. The van der Waals surface area contributed by atoms with E-state index in [2.05, 4.69) is 50.4 Å². The van der Waals surface area contributed by atoms with Gasteiger partial charge in [-0.2, -0.15) is 4.98 Å². The van der Waals surface area contributed by atoms with Gasteiger partial charge in [0.2, 0.25) is 5.95 Å². The number of nitrogens with zero attached hydrogens (tertiary/aromatic N) is 5. The predicted octanol–water partition coefficient (Wildman–Crippen LogP) is 3.57. The van der Waals surface area contributed by atoms with Crippen molar-refractivity contribution in [2.45, 2.75) is 57.7 Å². The lowest BCUT2D eigenvalue weighted by molar-refractivity contribution is 0.0683. The number of nitrogens with one attached hydrogen (secondary N) is 2. The second kappa shape index (κ2) is 8.38. The lowest BCUT2D eigenvalue weighted by Gasteiger charge is -2.37. The van der Waals surface area contributed by atoms with E-state index in [0.29, 0.717) is 29.5 Å². The van der Waals surface area contributed by atoms with Gasteiger partial charge in [0.15, 0.2) is 0 Å². The molecule has 2 unspecified atom stereocenters. The van der Waals surface area contributed by atoms with Crippen LogP contribution in [0, 0.1) is 0 Å². The number of carbonyl (C=O) groups is 1. The highest BCUT2D eigenvalue weighted by molar-refractivity contribution is 5.93. The van der Waals surface area contributed by atoms with Gasteiger partial charge < -0.3 is 25.2 Å². The van der Waals surface area contributed by atoms with Gasteiger partial charge in [0.05, 0.1) is 11.9 Å². The second-order valence-corrected chi connectivity index (χ2v) is 9.02. The Morgan fingerprint density at radius 1 is 1.12 bits per heavy atom. The first-order valence-corrected chi connectivity index (χ1v) is 11.3. The van der Waals surface area contributed by atoms with Crippen LogP contribution in [0.15, 0.2) is 30.6 Å². The topological polar surface area (TPSA) is 108 Å². The summed E-state index contributed by atoms with van der Waals surface area (Å²) in [7, 11) is 0. The summed E-state index contributed by atoms with van der Waals surface area (Å²) in [6, 6.07) is 6.69. The Kier molecular flexibility index (Phi) is 5.42. The van der Waals surface area contributed by atoms with E-state index in [4.69, 9.17) is 0 Å². The molecule has 168 valence electrons. The molecule has 32 heavy (non-hydrogen) atoms. The number of anilines is 3. The van der Waals surface area contributed by atoms with Gasteiger partial charge in [-0.05, 0) is 44.9 Å². The van der Waals surface area contributed by atoms with E-state index in [9.17, 15) is 9.90 Å². The Balaban J connectivity index is 1.39. The standard InChI is InChI=1S/C23H29N7O2/c1-14-12-29(13-15(2)26-14)18-7-8-20(24-11-18)27-23-25-10-16-9-19(22(31)32)30(21(16)28-23)17-5-3-4-6-17/h7-11,14-15,17,26H,3-6,12-13H2,1-2H3,(H,31,32)(H,24,25,27,28). The molecule has 2 fully saturated rings. The molecular weight excluding hydrogens is 406 g/mol. The first-order chi connectivity index (χ1) is 15.5. The normalized spacial score (nSPS) is 21.9. The first kappa shape index (κ1) is 20.7. The zero-order valence-electron chi connectivity index (χ0n) is 18.5. The van der Waals surface area contributed by atoms with Crippen molar-refractivity contribution in [3.05, 3.63) is 36.3 Å². The van der Waals surface area contributed by atoms with Gasteiger partial charge in [-0.1, -0.05) is 12.8 Å². The van der Waals surface area contributed by atoms with E-state index < -0.39 is 5.97 Å². The summed E-state index contributed by atoms with van der Waals surface area (Å²) in [5.41, 5.74) is 2.03. The molecule has 1 saturated heterocycles. The molecular formula is C23H29N7O2. The highest BCUT2D eigenvalue weighted by atomic mass is 16.4. The molecule has 1 saturated carbocycles. The van der Waals surface area contributed by atoms with Crippen LogP contribution in [0.4, 0.5) is 17.5 Å². The van der Waals surface area contributed by atoms with Crippen molar-refractivity contribution in [3.8, 4) is 0 Å². The Hall–Kier alpha value is -3.20. The maximum atomic E-state index is 11.8. The van der Waals surface area contributed by atoms with Crippen LogP contribution in [0.25, 0.3) is 11.0 Å². The molecule has 3 aromatic heterocycles. The zero-order chi connectivity index (χ0) is 22.2. The third kappa shape index (κ3) is 4.00. The van der Waals surface area contributed by atoms with Gasteiger partial charge in [-0.15, -0.1) is 0 Å². The molecule has 9 nitrogen and oxygen atoms in total. The summed E-state index contributed by atoms with van der Waals surface area (Å²) < 4.78 is 1.88. The van der Waals surface area contributed by atoms with Crippen molar-refractivity contribution in [1.29, 1.82) is 0 Å². The van der Waals surface area contributed by atoms with Gasteiger partial charge in [-0.3, -0.25) is 0 Å². The molecule has 0 bridgehead atoms. The van der Waals surface area contributed by atoms with Gasteiger partial charge in [-0.25, -0.2) is 14.8 Å². The van der Waals surface area contributed by atoms with Crippen LogP contribution in [0.3, 0.4) is 0 Å². The first-order valence-electron chi connectivity index (χ1n) is 11.3. The molecule has 0 aromatic carbocycles. The Morgan fingerprint density at radius 2 is 1.88 bits per heavy atom. The smallest absolute Gasteiger partial charge is 0.352 e. The molecule has 3 N–H and O–H groups in total. The lowest BCUT2D eigenvalue weighted by Crippen LogP contribution is -2.54. The number of pyridine rings is 1. The Bertz CT molecular complexity index is 1110. The summed E-state index contributed by atoms with van der Waals surface area (Å²) in [5, 5.41) is 17.2. The third-order valence-electron chi connectivity index (χ3n) is 6.40. The quantitative estimate of drug-likeness (QED) is 0.558. The Morgan fingerprint density at radius 3 is 2.53 bits per heavy atom. The van der Waals surface area contributed by atoms with Crippen LogP contribution in [0.2, 0.25) is 0 Å². The molecule has 4 heterocycles. The molecule has 1 aliphatic heterocycles. The summed E-state index contributed by atoms with van der Waals surface area (Å²) in [6.07, 6.45) is 7.73. The number of aromatic carboxylic acids is 1. The highest BCUT2D eigenvalue weighted by Crippen LogP contribution is 2.34. The van der Waals surface area contributed by atoms with E-state index in [1.165, 1.54) is 0 Å². The molecule has 3 aromatic rings. The molecule has 2 aliphatic rings. The fraction of sp³-hybridized carbons (Fsp3) is 0.478. The molecule has 1 aliphatic carbocycles. The molecule has 0 radical (unpaired) electrons. The predicted molar refractivity (Wildman–Crippen MR) is 124 cm³/mol. The van der Waals surface area contributed by atoms with Crippen molar-refractivity contribution < 1.29 is 9.90 Å². The van der Waals surface area contributed by atoms with Crippen molar-refractivity contribution >= 4 is 34.5 Å². The minimum atomic E-state index is -0.932. The van der Waals surface area contributed by atoms with Gasteiger partial charge in [0.25, 0.3) is 0 Å². The second-order valence-electron chi connectivity index (χ2n) is 9.02. The van der Waals surface area contributed by atoms with Crippen LogP contribution < -0.4 is 15.5 Å². The van der Waals surface area contributed by atoms with E-state index in [-0.39, 0.29) is 11.7 Å². The number of rotatable bonds is 5. The number of fused-ring (bicyclic) bond motifs is 1. The van der Waals surface area contributed by atoms with Crippen molar-refractivity contribution in [2.75, 3.05) is 23.3 Å². The van der Waals surface area contributed by atoms with Crippen LogP contribution >= 0.6 is 0 Å². The fourth-order valence-electron chi connectivity index (χ4n) is 5.06. The third-order valence-corrected chi connectivity index (χ3v) is 6.40. The van der Waals surface area contributed by atoms with Crippen LogP contribution in [0.5, 0.6) is 0 Å². The van der Waals surface area contributed by atoms with E-state index in [1.54, 1.807) is 12.3 Å². The van der Waals surface area contributed by atoms with Crippen molar-refractivity contribution in [3.63, 3.8) is 0 Å². The number of piperazine rings is 1. The summed E-state index contributed by atoms with van der Waals surface area (Å²) >= 11 is 0. The maximum absolute atomic E-state index is 11.8. The van der Waals surface area contributed by atoms with Crippen LogP contribution in [0.1, 0.15) is 56.1 Å². The van der Waals surface area contributed by atoms with Gasteiger partial charge >= 0.3 is 5.97 Å². The van der Waals surface area contributed by atoms with E-state index in [1.807, 2.05) is 16.8 Å². The number of carboxylic acids is 1. The van der Waals surface area contributed by atoms with E-state index >= 15 is 0 Å². The number of hydrogen-bond acceptors (Lipinski definition) is 7. The average molecular weight is 436 g/mol. The maximum Gasteiger partial charge on any atom is 0.352 e. The largest absolute Gasteiger partial charge is 0.477 e. The van der Waals surface area contributed by atoms with E-state index in [0.717, 1.165) is 49.8 Å². The Labute approximate surface area is 186 Å². The molecule has 2 atom stereocenters. The average Bonchev–Trinajstić information content (AvgIpc) is 3.41. The van der Waals surface area contributed by atoms with Crippen LogP contribution in [-0.2, 0) is 0 Å². The summed E-state index contributed by atoms with van der Waals surface area (Å²) in [4.78, 5) is 27.8. The molecule has 5 rings (SSSR count). The molecule has 0 spiro atoms. The number of hydrogen-bond donors (Lipinski definition) is 3. The van der Waals surface area contributed by atoms with Gasteiger partial charge in [0, 0.05) is 42.8 Å². The lowest BCUT2D eigenvalue weighted by atomic mass is 10.1. The minimum Gasteiger partial charge on any atom is -0.477 e. The molecule has 0 amide bonds. The van der Waals surface area contributed by atoms with Crippen LogP contribution in [-0.4, -0.2) is 55.8 Å². The summed E-state index contributed by atoms with van der Waals surface area (Å²) in [6.45, 7) is 6.28. The van der Waals surface area contributed by atoms with Crippen molar-refractivity contribution in [2.24, 2.45) is 0 Å². The monoisotopic (exact) mass is 435 g/mol. The fourth-order valence-corrected chi connectivity index (χ4v) is 5.06.